The molecule has 3 aliphatic rings. The van der Waals surface area contributed by atoms with Gasteiger partial charge in [0.25, 0.3) is 0 Å². The summed E-state index contributed by atoms with van der Waals surface area (Å²) in [5, 5.41) is 17.8. The number of allylic oxidation sites excluding steroid dienone is 2. The molecule has 0 saturated carbocycles. The average Bonchev–Trinajstić information content (AvgIpc) is 3.00. The van der Waals surface area contributed by atoms with Crippen LogP contribution in [0, 0.1) is 11.8 Å². The van der Waals surface area contributed by atoms with Gasteiger partial charge in [0.1, 0.15) is 18.3 Å². The number of aliphatic carboxylic acids is 2. The van der Waals surface area contributed by atoms with Crippen molar-refractivity contribution in [3.63, 3.8) is 0 Å². The number of carbonyl (C=O) groups is 2. The maximum Gasteiger partial charge on any atom is 0.309 e. The van der Waals surface area contributed by atoms with Gasteiger partial charge in [0.15, 0.2) is 0 Å². The van der Waals surface area contributed by atoms with E-state index in [1.54, 1.807) is 0 Å². The van der Waals surface area contributed by atoms with Gasteiger partial charge in [-0.3, -0.25) is 9.59 Å². The molecule has 0 radical (unpaired) electrons. The number of hydrogen-bond acceptors (Lipinski definition) is 4. The molecule has 2 N–H and O–H groups in total. The SMILES string of the molecule is O=C(O)CCC/C=C\C[C@@H]1[C@H]2O[C@H]([C@H]3O[C@H]32)[C@@H]1C(=O)O. The zero-order chi connectivity index (χ0) is 14.3. The number of rotatable bonds is 7. The minimum atomic E-state index is -0.810. The Bertz CT molecular complexity index is 445. The molecule has 0 spiro atoms. The Morgan fingerprint density at radius 1 is 1.00 bits per heavy atom. The molecule has 3 saturated heterocycles. The van der Waals surface area contributed by atoms with Crippen molar-refractivity contribution in [1.82, 2.24) is 0 Å². The number of fused-ring (bicyclic) bond motifs is 5. The van der Waals surface area contributed by atoms with Crippen LogP contribution >= 0.6 is 0 Å². The van der Waals surface area contributed by atoms with Crippen LogP contribution in [0.2, 0.25) is 0 Å². The van der Waals surface area contributed by atoms with Crippen LogP contribution in [0.3, 0.4) is 0 Å². The van der Waals surface area contributed by atoms with Crippen molar-refractivity contribution in [2.75, 3.05) is 0 Å². The summed E-state index contributed by atoms with van der Waals surface area (Å²) in [5.41, 5.74) is 0. The molecular weight excluding hydrogens is 264 g/mol. The Morgan fingerprint density at radius 3 is 2.40 bits per heavy atom. The molecule has 6 heteroatoms. The molecule has 2 bridgehead atoms. The molecule has 6 atom stereocenters. The summed E-state index contributed by atoms with van der Waals surface area (Å²) >= 11 is 0. The maximum atomic E-state index is 11.4. The number of carboxylic acid groups (broad SMARTS) is 2. The predicted molar refractivity (Wildman–Crippen MR) is 67.2 cm³/mol. The highest BCUT2D eigenvalue weighted by Gasteiger charge is 2.70. The second-order valence-electron chi connectivity index (χ2n) is 5.65. The smallest absolute Gasteiger partial charge is 0.309 e. The topological polar surface area (TPSA) is 96.4 Å². The van der Waals surface area contributed by atoms with Crippen molar-refractivity contribution in [2.24, 2.45) is 11.8 Å². The number of ether oxygens (including phenoxy) is 2. The fourth-order valence-electron chi connectivity index (χ4n) is 3.43. The van der Waals surface area contributed by atoms with E-state index in [1.165, 1.54) is 0 Å². The van der Waals surface area contributed by atoms with Crippen LogP contribution in [0.1, 0.15) is 25.7 Å². The normalized spacial score (nSPS) is 41.0. The summed E-state index contributed by atoms with van der Waals surface area (Å²) in [4.78, 5) is 21.7. The Labute approximate surface area is 116 Å². The second-order valence-corrected chi connectivity index (χ2v) is 5.65. The van der Waals surface area contributed by atoms with Gasteiger partial charge in [-0.05, 0) is 19.3 Å². The minimum Gasteiger partial charge on any atom is -0.481 e. The Hall–Kier alpha value is -1.40. The fraction of sp³-hybridized carbons (Fsp3) is 0.714. The monoisotopic (exact) mass is 282 g/mol. The molecule has 0 unspecified atom stereocenters. The number of unbranched alkanes of at least 4 members (excludes halogenated alkanes) is 1. The molecule has 0 aromatic rings. The highest BCUT2D eigenvalue weighted by Crippen LogP contribution is 2.54. The summed E-state index contributed by atoms with van der Waals surface area (Å²) in [7, 11) is 0. The van der Waals surface area contributed by atoms with E-state index in [4.69, 9.17) is 14.6 Å². The van der Waals surface area contributed by atoms with Crippen molar-refractivity contribution in [3.05, 3.63) is 12.2 Å². The molecule has 0 aliphatic carbocycles. The fourth-order valence-corrected chi connectivity index (χ4v) is 3.43. The summed E-state index contributed by atoms with van der Waals surface area (Å²) in [6.45, 7) is 0. The van der Waals surface area contributed by atoms with Gasteiger partial charge in [-0.1, -0.05) is 12.2 Å². The van der Waals surface area contributed by atoms with Crippen molar-refractivity contribution in [1.29, 1.82) is 0 Å². The number of epoxide rings is 1. The van der Waals surface area contributed by atoms with E-state index in [0.29, 0.717) is 19.3 Å². The largest absolute Gasteiger partial charge is 0.481 e. The molecule has 3 rings (SSSR count). The molecular formula is C14H18O6. The minimum absolute atomic E-state index is 0.00287. The van der Waals surface area contributed by atoms with Crippen LogP contribution in [0.15, 0.2) is 12.2 Å². The van der Waals surface area contributed by atoms with Gasteiger partial charge in [-0.15, -0.1) is 0 Å². The van der Waals surface area contributed by atoms with Gasteiger partial charge in [-0.25, -0.2) is 0 Å². The molecule has 3 aliphatic heterocycles. The molecule has 0 aromatic heterocycles. The first-order valence-corrected chi connectivity index (χ1v) is 7.00. The third-order valence-corrected chi connectivity index (χ3v) is 4.38. The summed E-state index contributed by atoms with van der Waals surface area (Å²) < 4.78 is 11.2. The first-order valence-electron chi connectivity index (χ1n) is 7.00. The highest BCUT2D eigenvalue weighted by atomic mass is 16.7. The van der Waals surface area contributed by atoms with E-state index in [9.17, 15) is 14.7 Å². The standard InChI is InChI=1S/C14H18O6/c15-8(16)6-4-2-1-3-5-7-9(14(17)18)11-13-12(20-13)10(7)19-11/h1,3,7,9-13H,2,4-6H2,(H,15,16)(H,17,18)/b3-1-/t7-,9+,10+,11-,12-,13+/m0/s1. The molecule has 6 nitrogen and oxygen atoms in total. The molecule has 3 fully saturated rings. The lowest BCUT2D eigenvalue weighted by molar-refractivity contribution is -0.145. The van der Waals surface area contributed by atoms with Crippen LogP contribution in [0.25, 0.3) is 0 Å². The zero-order valence-corrected chi connectivity index (χ0v) is 11.0. The van der Waals surface area contributed by atoms with Gasteiger partial charge in [0, 0.05) is 12.3 Å². The Balaban J connectivity index is 1.50. The quantitative estimate of drug-likeness (QED) is 0.411. The van der Waals surface area contributed by atoms with Gasteiger partial charge < -0.3 is 19.7 Å². The zero-order valence-electron chi connectivity index (χ0n) is 11.0. The lowest BCUT2D eigenvalue weighted by Crippen LogP contribution is -2.37. The van der Waals surface area contributed by atoms with Gasteiger partial charge in [0.2, 0.25) is 0 Å². The van der Waals surface area contributed by atoms with E-state index in [-0.39, 0.29) is 36.8 Å². The predicted octanol–water partition coefficient (Wildman–Crippen LogP) is 1.05. The molecule has 110 valence electrons. The third-order valence-electron chi connectivity index (χ3n) is 4.38. The van der Waals surface area contributed by atoms with E-state index in [0.717, 1.165) is 0 Å². The molecule has 3 heterocycles. The van der Waals surface area contributed by atoms with Crippen molar-refractivity contribution in [2.45, 2.75) is 50.1 Å². The molecule has 0 amide bonds. The average molecular weight is 282 g/mol. The highest BCUT2D eigenvalue weighted by molar-refractivity contribution is 5.72. The van der Waals surface area contributed by atoms with Crippen LogP contribution in [-0.2, 0) is 19.1 Å². The van der Waals surface area contributed by atoms with Crippen molar-refractivity contribution < 1.29 is 29.3 Å². The number of hydrogen-bond donors (Lipinski definition) is 2. The molecule has 20 heavy (non-hydrogen) atoms. The summed E-state index contributed by atoms with van der Waals surface area (Å²) in [5.74, 6) is -2.11. The van der Waals surface area contributed by atoms with Crippen LogP contribution in [-0.4, -0.2) is 46.6 Å². The lowest BCUT2D eigenvalue weighted by atomic mass is 9.77. The van der Waals surface area contributed by atoms with Gasteiger partial charge in [-0.2, -0.15) is 0 Å². The number of carboxylic acids is 2. The molecule has 0 aromatic carbocycles. The Kier molecular flexibility index (Phi) is 3.52. The van der Waals surface area contributed by atoms with E-state index < -0.39 is 17.9 Å². The van der Waals surface area contributed by atoms with E-state index >= 15 is 0 Å². The van der Waals surface area contributed by atoms with Crippen LogP contribution in [0.4, 0.5) is 0 Å². The van der Waals surface area contributed by atoms with Crippen LogP contribution < -0.4 is 0 Å². The van der Waals surface area contributed by atoms with Crippen molar-refractivity contribution >= 4 is 11.9 Å². The van der Waals surface area contributed by atoms with E-state index in [1.807, 2.05) is 12.2 Å². The Morgan fingerprint density at radius 2 is 1.70 bits per heavy atom. The van der Waals surface area contributed by atoms with E-state index in [2.05, 4.69) is 0 Å². The summed E-state index contributed by atoms with van der Waals surface area (Å²) in [6.07, 6.45) is 5.72. The van der Waals surface area contributed by atoms with Crippen LogP contribution in [0.5, 0.6) is 0 Å². The third kappa shape index (κ3) is 2.33. The van der Waals surface area contributed by atoms with Gasteiger partial charge >= 0.3 is 11.9 Å². The lowest BCUT2D eigenvalue weighted by Gasteiger charge is -2.21. The summed E-state index contributed by atoms with van der Waals surface area (Å²) in [6, 6.07) is 0. The first kappa shape index (κ1) is 13.6. The first-order chi connectivity index (χ1) is 9.59. The van der Waals surface area contributed by atoms with Gasteiger partial charge in [0.05, 0.1) is 12.0 Å². The second kappa shape index (κ2) is 5.18. The maximum absolute atomic E-state index is 11.4. The van der Waals surface area contributed by atoms with Crippen molar-refractivity contribution in [3.8, 4) is 0 Å².